The summed E-state index contributed by atoms with van der Waals surface area (Å²) in [5, 5.41) is 5.44. The predicted octanol–water partition coefficient (Wildman–Crippen LogP) is 6.83. The van der Waals surface area contributed by atoms with Gasteiger partial charge in [0.25, 0.3) is 0 Å². The fourth-order valence-electron chi connectivity index (χ4n) is 6.12. The van der Waals surface area contributed by atoms with Gasteiger partial charge in [-0.3, -0.25) is 8.80 Å². The van der Waals surface area contributed by atoms with Gasteiger partial charge in [-0.05, 0) is 60.4 Å². The maximum atomic E-state index is 4.87. The van der Waals surface area contributed by atoms with Crippen LogP contribution in [0, 0.1) is 19.8 Å². The minimum atomic E-state index is 0.824. The lowest BCUT2D eigenvalue weighted by Crippen LogP contribution is -2.03. The van der Waals surface area contributed by atoms with Gasteiger partial charge in [0.2, 0.25) is 0 Å². The highest BCUT2D eigenvalue weighted by atomic mass is 15.1. The molecule has 0 atom stereocenters. The Morgan fingerprint density at radius 1 is 1.03 bits per heavy atom. The fraction of sp³-hybridized carbons (Fsp3) is 0.296. The molecule has 7 rings (SSSR count). The summed E-state index contributed by atoms with van der Waals surface area (Å²) < 4.78 is 4.82. The number of hydrogen-bond acceptors (Lipinski definition) is 1. The molecule has 148 valence electrons. The maximum absolute atomic E-state index is 4.87. The van der Waals surface area contributed by atoms with Crippen molar-refractivity contribution in [2.75, 3.05) is 0 Å². The highest BCUT2D eigenvalue weighted by Crippen LogP contribution is 2.42. The van der Waals surface area contributed by atoms with E-state index >= 15 is 0 Å². The van der Waals surface area contributed by atoms with Gasteiger partial charge in [0.05, 0.1) is 11.0 Å². The minimum absolute atomic E-state index is 0.824. The first-order chi connectivity index (χ1) is 14.7. The Bertz CT molecular complexity index is 1590. The molecule has 0 saturated heterocycles. The van der Waals surface area contributed by atoms with E-state index in [0.717, 1.165) is 11.6 Å². The van der Waals surface area contributed by atoms with Gasteiger partial charge in [0.15, 0.2) is 0 Å². The van der Waals surface area contributed by atoms with E-state index in [0.29, 0.717) is 0 Å². The third kappa shape index (κ3) is 1.98. The van der Waals surface area contributed by atoms with Gasteiger partial charge in [0, 0.05) is 28.6 Å². The van der Waals surface area contributed by atoms with Crippen LogP contribution < -0.4 is 0 Å². The third-order valence-electron chi connectivity index (χ3n) is 7.63. The average Bonchev–Trinajstić information content (AvgIpc) is 3.46. The summed E-state index contributed by atoms with van der Waals surface area (Å²) in [5.41, 5.74) is 9.17. The van der Waals surface area contributed by atoms with Gasteiger partial charge in [-0.25, -0.2) is 4.98 Å². The molecule has 0 unspecified atom stereocenters. The molecule has 3 nitrogen and oxygen atoms in total. The third-order valence-corrected chi connectivity index (χ3v) is 7.63. The Morgan fingerprint density at radius 2 is 1.87 bits per heavy atom. The Labute approximate surface area is 175 Å². The van der Waals surface area contributed by atoms with Crippen molar-refractivity contribution in [2.24, 2.45) is 5.92 Å². The van der Waals surface area contributed by atoms with Crippen LogP contribution in [-0.2, 0) is 6.42 Å². The molecule has 0 amide bonds. The molecule has 4 heterocycles. The lowest BCUT2D eigenvalue weighted by molar-refractivity contribution is 0.549. The highest BCUT2D eigenvalue weighted by molar-refractivity contribution is 6.23. The van der Waals surface area contributed by atoms with Crippen LogP contribution in [0.4, 0.5) is 0 Å². The van der Waals surface area contributed by atoms with Crippen LogP contribution in [-0.4, -0.2) is 13.8 Å². The van der Waals surface area contributed by atoms with Gasteiger partial charge in [-0.15, -0.1) is 0 Å². The normalized spacial score (nSPS) is 15.8. The van der Waals surface area contributed by atoms with Crippen molar-refractivity contribution in [1.29, 1.82) is 0 Å². The zero-order chi connectivity index (χ0) is 20.0. The van der Waals surface area contributed by atoms with Crippen molar-refractivity contribution in [2.45, 2.75) is 46.0 Å². The van der Waals surface area contributed by atoms with Gasteiger partial charge < -0.3 is 0 Å². The zero-order valence-electron chi connectivity index (χ0n) is 17.6. The summed E-state index contributed by atoms with van der Waals surface area (Å²) in [4.78, 5) is 4.87. The fourth-order valence-corrected chi connectivity index (χ4v) is 6.12. The van der Waals surface area contributed by atoms with Crippen molar-refractivity contribution in [3.8, 4) is 0 Å². The standard InChI is InChI=1S/C27H25N3/c1-16-15-29-26-24-19(11-12-28-26)14-20(13-18-7-3-4-8-18)23-21-9-5-6-10-22(21)30(25(23)24)27(29)17(16)2/h5-6,9-12,14-15,18H,3-4,7-8,13H2,1-2H3. The first kappa shape index (κ1) is 16.7. The zero-order valence-corrected chi connectivity index (χ0v) is 17.6. The molecule has 30 heavy (non-hydrogen) atoms. The van der Waals surface area contributed by atoms with Gasteiger partial charge in [0.1, 0.15) is 11.3 Å². The number of fused-ring (bicyclic) bond motifs is 6. The molecule has 3 heteroatoms. The van der Waals surface area contributed by atoms with Crippen LogP contribution in [0.5, 0.6) is 0 Å². The molecular formula is C27H25N3. The number of pyridine rings is 1. The van der Waals surface area contributed by atoms with Crippen molar-refractivity contribution in [3.63, 3.8) is 0 Å². The topological polar surface area (TPSA) is 21.7 Å². The van der Waals surface area contributed by atoms with Gasteiger partial charge in [-0.1, -0.05) is 49.9 Å². The van der Waals surface area contributed by atoms with Crippen molar-refractivity contribution in [1.82, 2.24) is 13.8 Å². The summed E-state index contributed by atoms with van der Waals surface area (Å²) in [6.07, 6.45) is 11.0. The number of rotatable bonds is 2. The molecule has 6 aromatic rings. The van der Waals surface area contributed by atoms with E-state index in [4.69, 9.17) is 4.98 Å². The van der Waals surface area contributed by atoms with E-state index in [1.54, 1.807) is 0 Å². The maximum Gasteiger partial charge on any atom is 0.148 e. The first-order valence-electron chi connectivity index (χ1n) is 11.3. The lowest BCUT2D eigenvalue weighted by Gasteiger charge is -2.15. The first-order valence-corrected chi connectivity index (χ1v) is 11.3. The smallest absolute Gasteiger partial charge is 0.148 e. The second-order valence-corrected chi connectivity index (χ2v) is 9.33. The quantitative estimate of drug-likeness (QED) is 0.317. The van der Waals surface area contributed by atoms with Crippen LogP contribution >= 0.6 is 0 Å². The van der Waals surface area contributed by atoms with Crippen molar-refractivity contribution in [3.05, 3.63) is 65.5 Å². The summed E-state index contributed by atoms with van der Waals surface area (Å²) in [6, 6.07) is 13.6. The molecule has 0 aliphatic heterocycles. The van der Waals surface area contributed by atoms with Crippen molar-refractivity contribution >= 4 is 43.9 Å². The number of para-hydroxylation sites is 1. The molecule has 4 aromatic heterocycles. The second-order valence-electron chi connectivity index (χ2n) is 9.33. The lowest BCUT2D eigenvalue weighted by atomic mass is 9.92. The molecular weight excluding hydrogens is 366 g/mol. The van der Waals surface area contributed by atoms with E-state index < -0.39 is 0 Å². The Balaban J connectivity index is 1.77. The van der Waals surface area contributed by atoms with E-state index in [9.17, 15) is 0 Å². The van der Waals surface area contributed by atoms with Crippen LogP contribution in [0.2, 0.25) is 0 Å². The van der Waals surface area contributed by atoms with Crippen LogP contribution in [0.15, 0.2) is 48.8 Å². The number of benzene rings is 2. The summed E-state index contributed by atoms with van der Waals surface area (Å²) >= 11 is 0. The van der Waals surface area contributed by atoms with Gasteiger partial charge >= 0.3 is 0 Å². The van der Waals surface area contributed by atoms with Crippen LogP contribution in [0.25, 0.3) is 43.9 Å². The molecule has 0 radical (unpaired) electrons. The molecule has 2 aromatic carbocycles. The number of nitrogens with zero attached hydrogens (tertiary/aromatic N) is 3. The molecule has 0 N–H and O–H groups in total. The van der Waals surface area contributed by atoms with E-state index in [1.165, 1.54) is 87.0 Å². The highest BCUT2D eigenvalue weighted by Gasteiger charge is 2.24. The SMILES string of the molecule is Cc1cn2c3nccc4cc(CC5CCCC5)c5c6ccccc6n(c5c43)c2c1C. The van der Waals surface area contributed by atoms with Crippen LogP contribution in [0.3, 0.4) is 0 Å². The van der Waals surface area contributed by atoms with E-state index in [1.807, 2.05) is 6.20 Å². The van der Waals surface area contributed by atoms with Gasteiger partial charge in [-0.2, -0.15) is 0 Å². The Kier molecular flexibility index (Phi) is 3.20. The summed E-state index contributed by atoms with van der Waals surface area (Å²) in [7, 11) is 0. The molecule has 1 aliphatic rings. The predicted molar refractivity (Wildman–Crippen MR) is 125 cm³/mol. The Morgan fingerprint density at radius 3 is 2.73 bits per heavy atom. The number of hydrogen-bond donors (Lipinski definition) is 0. The van der Waals surface area contributed by atoms with Crippen molar-refractivity contribution < 1.29 is 0 Å². The molecule has 1 fully saturated rings. The molecule has 1 saturated carbocycles. The Hall–Kier alpha value is -3.07. The molecule has 0 bridgehead atoms. The van der Waals surface area contributed by atoms with E-state index in [2.05, 4.69) is 65.2 Å². The number of aromatic nitrogens is 3. The monoisotopic (exact) mass is 391 g/mol. The second kappa shape index (κ2) is 5.75. The molecule has 1 aliphatic carbocycles. The number of aryl methyl sites for hydroxylation is 2. The summed E-state index contributed by atoms with van der Waals surface area (Å²) in [6.45, 7) is 4.45. The summed E-state index contributed by atoms with van der Waals surface area (Å²) in [5.74, 6) is 0.824. The minimum Gasteiger partial charge on any atom is -0.294 e. The largest absolute Gasteiger partial charge is 0.294 e. The van der Waals surface area contributed by atoms with E-state index in [-0.39, 0.29) is 0 Å². The average molecular weight is 392 g/mol. The molecule has 0 spiro atoms. The van der Waals surface area contributed by atoms with Crippen LogP contribution in [0.1, 0.15) is 42.4 Å².